The Kier molecular flexibility index (Phi) is 6.18. The molecule has 4 N–H and O–H groups in total. The van der Waals surface area contributed by atoms with Crippen LogP contribution >= 0.6 is 0 Å². The molecule has 2 aromatic heterocycles. The highest BCUT2D eigenvalue weighted by molar-refractivity contribution is 6.06. The Balaban J connectivity index is 1.33. The van der Waals surface area contributed by atoms with Crippen LogP contribution in [0.25, 0.3) is 11.0 Å². The number of carboxylic acid groups (broad SMARTS) is 1. The van der Waals surface area contributed by atoms with E-state index in [0.29, 0.717) is 28.2 Å². The number of ether oxygens (including phenoxy) is 1. The van der Waals surface area contributed by atoms with Crippen LogP contribution in [-0.4, -0.2) is 44.0 Å². The molecule has 37 heavy (non-hydrogen) atoms. The number of rotatable bonds is 7. The van der Waals surface area contributed by atoms with Gasteiger partial charge < -0.3 is 30.4 Å². The second-order valence-corrected chi connectivity index (χ2v) is 8.72. The van der Waals surface area contributed by atoms with E-state index < -0.39 is 5.97 Å². The van der Waals surface area contributed by atoms with Crippen molar-refractivity contribution in [3.05, 3.63) is 77.4 Å². The predicted molar refractivity (Wildman–Crippen MR) is 136 cm³/mol. The number of carboxylic acids is 1. The van der Waals surface area contributed by atoms with Gasteiger partial charge in [0, 0.05) is 25.8 Å². The quantitative estimate of drug-likeness (QED) is 0.303. The number of aromatic carboxylic acids is 1. The second kappa shape index (κ2) is 9.61. The van der Waals surface area contributed by atoms with Gasteiger partial charge in [-0.15, -0.1) is 0 Å². The SMILES string of the molecule is CC(Nc1cn(C)c2c(C(=O)NCc3ccc4c(c3)NC(=O)CO4)ncnc12)c1ccc(C(=O)O)cc1. The summed E-state index contributed by atoms with van der Waals surface area (Å²) in [5.41, 5.74) is 4.59. The normalized spacial score (nSPS) is 13.3. The van der Waals surface area contributed by atoms with Crippen LogP contribution in [0.1, 0.15) is 44.9 Å². The van der Waals surface area contributed by atoms with Gasteiger partial charge in [0.1, 0.15) is 23.1 Å². The maximum absolute atomic E-state index is 13.1. The molecule has 1 aliphatic rings. The monoisotopic (exact) mass is 500 g/mol. The van der Waals surface area contributed by atoms with E-state index in [9.17, 15) is 14.4 Å². The molecular weight excluding hydrogens is 476 g/mol. The minimum Gasteiger partial charge on any atom is -0.482 e. The van der Waals surface area contributed by atoms with Crippen molar-refractivity contribution >= 4 is 40.2 Å². The molecule has 0 spiro atoms. The van der Waals surface area contributed by atoms with E-state index in [1.807, 2.05) is 26.2 Å². The van der Waals surface area contributed by atoms with Crippen molar-refractivity contribution in [3.8, 4) is 5.75 Å². The number of carbonyl (C=O) groups excluding carboxylic acids is 2. The average Bonchev–Trinajstić information content (AvgIpc) is 3.22. The average molecular weight is 501 g/mol. The third-order valence-electron chi connectivity index (χ3n) is 6.13. The first-order valence-electron chi connectivity index (χ1n) is 11.5. The van der Waals surface area contributed by atoms with Crippen molar-refractivity contribution in [2.75, 3.05) is 17.2 Å². The van der Waals surface area contributed by atoms with E-state index >= 15 is 0 Å². The molecule has 11 heteroatoms. The number of carbonyl (C=O) groups is 3. The zero-order valence-electron chi connectivity index (χ0n) is 20.1. The summed E-state index contributed by atoms with van der Waals surface area (Å²) in [5, 5.41) is 18.1. The molecule has 1 aliphatic heterocycles. The van der Waals surface area contributed by atoms with E-state index in [1.165, 1.54) is 6.33 Å². The summed E-state index contributed by atoms with van der Waals surface area (Å²) in [7, 11) is 1.81. The van der Waals surface area contributed by atoms with Crippen molar-refractivity contribution in [1.29, 1.82) is 0 Å². The predicted octanol–water partition coefficient (Wildman–Crippen LogP) is 3.10. The Bertz CT molecular complexity index is 1530. The van der Waals surface area contributed by atoms with Gasteiger partial charge in [-0.25, -0.2) is 14.8 Å². The van der Waals surface area contributed by atoms with E-state index in [4.69, 9.17) is 9.84 Å². The summed E-state index contributed by atoms with van der Waals surface area (Å²) < 4.78 is 7.16. The summed E-state index contributed by atoms with van der Waals surface area (Å²) >= 11 is 0. The first-order chi connectivity index (χ1) is 17.8. The number of amides is 2. The lowest BCUT2D eigenvalue weighted by molar-refractivity contribution is -0.118. The highest BCUT2D eigenvalue weighted by atomic mass is 16.5. The number of hydrogen-bond donors (Lipinski definition) is 4. The topological polar surface area (TPSA) is 147 Å². The highest BCUT2D eigenvalue weighted by Gasteiger charge is 2.20. The number of aromatic nitrogens is 3. The van der Waals surface area contributed by atoms with Crippen LogP contribution < -0.4 is 20.7 Å². The third kappa shape index (κ3) is 4.79. The Morgan fingerprint density at radius 3 is 2.73 bits per heavy atom. The van der Waals surface area contributed by atoms with Gasteiger partial charge in [0.15, 0.2) is 12.3 Å². The smallest absolute Gasteiger partial charge is 0.335 e. The summed E-state index contributed by atoms with van der Waals surface area (Å²) in [6.45, 7) is 2.16. The van der Waals surface area contributed by atoms with E-state index in [0.717, 1.165) is 11.1 Å². The van der Waals surface area contributed by atoms with Crippen LogP contribution in [0.4, 0.5) is 11.4 Å². The number of nitrogens with one attached hydrogen (secondary N) is 3. The first kappa shape index (κ1) is 23.8. The Morgan fingerprint density at radius 2 is 1.97 bits per heavy atom. The maximum Gasteiger partial charge on any atom is 0.335 e. The van der Waals surface area contributed by atoms with Crippen LogP contribution in [0, 0.1) is 0 Å². The molecule has 3 heterocycles. The maximum atomic E-state index is 13.1. The summed E-state index contributed by atoms with van der Waals surface area (Å²) in [5.74, 6) is -0.980. The fourth-order valence-electron chi connectivity index (χ4n) is 4.24. The van der Waals surface area contributed by atoms with Crippen molar-refractivity contribution in [2.45, 2.75) is 19.5 Å². The fourth-order valence-corrected chi connectivity index (χ4v) is 4.24. The molecule has 0 saturated carbocycles. The lowest BCUT2D eigenvalue weighted by Gasteiger charge is -2.18. The van der Waals surface area contributed by atoms with E-state index in [2.05, 4.69) is 25.9 Å². The van der Waals surface area contributed by atoms with Gasteiger partial charge in [0.2, 0.25) is 0 Å². The third-order valence-corrected chi connectivity index (χ3v) is 6.13. The van der Waals surface area contributed by atoms with Gasteiger partial charge in [0.25, 0.3) is 11.8 Å². The number of nitrogens with zero attached hydrogens (tertiary/aromatic N) is 3. The molecule has 0 radical (unpaired) electrons. The Hall–Kier alpha value is -4.93. The number of fused-ring (bicyclic) bond motifs is 2. The first-order valence-corrected chi connectivity index (χ1v) is 11.5. The lowest BCUT2D eigenvalue weighted by Crippen LogP contribution is -2.26. The van der Waals surface area contributed by atoms with Crippen LogP contribution in [0.15, 0.2) is 55.0 Å². The van der Waals surface area contributed by atoms with Gasteiger partial charge in [-0.3, -0.25) is 9.59 Å². The molecule has 188 valence electrons. The van der Waals surface area contributed by atoms with Gasteiger partial charge in [-0.1, -0.05) is 18.2 Å². The van der Waals surface area contributed by atoms with Crippen LogP contribution in [-0.2, 0) is 18.4 Å². The number of anilines is 2. The minimum absolute atomic E-state index is 0.0178. The molecule has 0 bridgehead atoms. The van der Waals surface area contributed by atoms with Crippen LogP contribution in [0.2, 0.25) is 0 Å². The molecule has 0 aliphatic carbocycles. The zero-order chi connectivity index (χ0) is 26.1. The number of aryl methyl sites for hydroxylation is 1. The van der Waals surface area contributed by atoms with Gasteiger partial charge in [-0.2, -0.15) is 0 Å². The van der Waals surface area contributed by atoms with Crippen molar-refractivity contribution in [1.82, 2.24) is 19.9 Å². The molecule has 2 aromatic carbocycles. The number of hydrogen-bond acceptors (Lipinski definition) is 7. The molecule has 2 amide bonds. The molecule has 1 unspecified atom stereocenters. The van der Waals surface area contributed by atoms with Gasteiger partial charge in [0.05, 0.1) is 16.9 Å². The lowest BCUT2D eigenvalue weighted by atomic mass is 10.1. The molecule has 11 nitrogen and oxygen atoms in total. The second-order valence-electron chi connectivity index (χ2n) is 8.72. The zero-order valence-corrected chi connectivity index (χ0v) is 20.1. The molecule has 5 rings (SSSR count). The summed E-state index contributed by atoms with van der Waals surface area (Å²) in [6.07, 6.45) is 3.19. The summed E-state index contributed by atoms with van der Waals surface area (Å²) in [4.78, 5) is 44.4. The standard InChI is InChI=1S/C26H24N6O5/c1-14(16-4-6-17(7-5-16)26(35)36)30-19-11-32(2)24-22(19)28-13-29-23(24)25(34)27-10-15-3-8-20-18(9-15)31-21(33)12-37-20/h3-9,11,13-14,30H,10,12H2,1-2H3,(H,27,34)(H,31,33)(H,35,36). The van der Waals surface area contributed by atoms with Crippen LogP contribution in [0.3, 0.4) is 0 Å². The summed E-state index contributed by atoms with van der Waals surface area (Å²) in [6, 6.07) is 11.8. The molecular formula is C26H24N6O5. The van der Waals surface area contributed by atoms with Crippen molar-refractivity contribution in [3.63, 3.8) is 0 Å². The molecule has 0 saturated heterocycles. The minimum atomic E-state index is -0.976. The van der Waals surface area contributed by atoms with E-state index in [1.54, 1.807) is 41.0 Å². The largest absolute Gasteiger partial charge is 0.482 e. The molecule has 4 aromatic rings. The fraction of sp³-hybridized carbons (Fsp3) is 0.192. The van der Waals surface area contributed by atoms with Gasteiger partial charge >= 0.3 is 5.97 Å². The van der Waals surface area contributed by atoms with E-state index in [-0.39, 0.29) is 42.3 Å². The molecule has 0 fully saturated rings. The number of benzene rings is 2. The highest BCUT2D eigenvalue weighted by Crippen LogP contribution is 2.30. The van der Waals surface area contributed by atoms with Crippen LogP contribution in [0.5, 0.6) is 5.75 Å². The van der Waals surface area contributed by atoms with Gasteiger partial charge in [-0.05, 0) is 42.3 Å². The van der Waals surface area contributed by atoms with Crippen molar-refractivity contribution in [2.24, 2.45) is 7.05 Å². The van der Waals surface area contributed by atoms with Crippen molar-refractivity contribution < 1.29 is 24.2 Å². The molecule has 1 atom stereocenters. The Labute approximate surface area is 211 Å². The Morgan fingerprint density at radius 1 is 1.19 bits per heavy atom.